The van der Waals surface area contributed by atoms with Gasteiger partial charge in [-0.05, 0) is 48.6 Å². The van der Waals surface area contributed by atoms with Crippen LogP contribution in [-0.4, -0.2) is 34.4 Å². The van der Waals surface area contributed by atoms with E-state index >= 15 is 0 Å². The Morgan fingerprint density at radius 2 is 1.93 bits per heavy atom. The number of hydrogen-bond acceptors (Lipinski definition) is 6. The maximum absolute atomic E-state index is 14.1. The molecule has 11 heteroatoms. The molecule has 5 rings (SSSR count). The molecule has 1 amide bonds. The van der Waals surface area contributed by atoms with Crippen LogP contribution >= 0.6 is 11.3 Å². The van der Waals surface area contributed by atoms with E-state index in [9.17, 15) is 22.8 Å². The number of aromatic nitrogens is 2. The third kappa shape index (κ3) is 5.48. The van der Waals surface area contributed by atoms with Gasteiger partial charge in [-0.1, -0.05) is 51.1 Å². The Kier molecular flexibility index (Phi) is 7.45. The molecule has 214 valence electrons. The Hall–Kier alpha value is -3.34. The fourth-order valence-electron chi connectivity index (χ4n) is 5.59. The van der Waals surface area contributed by atoms with Crippen molar-refractivity contribution in [3.8, 4) is 0 Å². The normalized spacial score (nSPS) is 20.7. The molecule has 1 aliphatic heterocycles. The van der Waals surface area contributed by atoms with Gasteiger partial charge in [0.1, 0.15) is 10.8 Å². The first kappa shape index (κ1) is 28.2. The van der Waals surface area contributed by atoms with Crippen LogP contribution in [0.2, 0.25) is 0 Å². The highest BCUT2D eigenvalue weighted by Gasteiger charge is 2.47. The largest absolute Gasteiger partial charge is 0.462 e. The van der Waals surface area contributed by atoms with Crippen molar-refractivity contribution in [1.29, 1.82) is 0 Å². The molecule has 2 N–H and O–H groups in total. The minimum atomic E-state index is -4.56. The number of fused-ring (bicyclic) bond motifs is 2. The number of nitrogens with zero attached hydrogens (tertiary/aromatic N) is 2. The fourth-order valence-corrected chi connectivity index (χ4v) is 6.90. The summed E-state index contributed by atoms with van der Waals surface area (Å²) in [6, 6.07) is 7.73. The van der Waals surface area contributed by atoms with Crippen LogP contribution in [-0.2, 0) is 17.6 Å². The maximum Gasteiger partial charge on any atom is 0.410 e. The number of carbonyl (C=O) groups is 2. The van der Waals surface area contributed by atoms with Crippen molar-refractivity contribution >= 4 is 34.0 Å². The molecule has 3 atom stereocenters. The molecular formula is C29H33F3N4O3S. The number of amides is 1. The minimum Gasteiger partial charge on any atom is -0.462 e. The maximum atomic E-state index is 14.1. The molecule has 0 bridgehead atoms. The number of hydrogen-bond donors (Lipinski definition) is 2. The SMILES string of the molecule is CCOC(=O)c1c(NC(=O)c2cc3n(n2)[C@@H](C(F)(F)F)C[C@H](c2ccccc2)N3)sc2c1CC[C@@H](C(C)(C)C)C2. The van der Waals surface area contributed by atoms with E-state index in [0.29, 0.717) is 28.5 Å². The highest BCUT2D eigenvalue weighted by molar-refractivity contribution is 7.17. The topological polar surface area (TPSA) is 85.2 Å². The van der Waals surface area contributed by atoms with E-state index in [2.05, 4.69) is 36.5 Å². The highest BCUT2D eigenvalue weighted by Crippen LogP contribution is 2.46. The molecule has 1 aromatic carbocycles. The molecule has 7 nitrogen and oxygen atoms in total. The van der Waals surface area contributed by atoms with Gasteiger partial charge < -0.3 is 15.4 Å². The lowest BCUT2D eigenvalue weighted by atomic mass is 9.72. The molecule has 1 aliphatic carbocycles. The van der Waals surface area contributed by atoms with E-state index in [1.807, 2.05) is 0 Å². The summed E-state index contributed by atoms with van der Waals surface area (Å²) in [5.41, 5.74) is 1.85. The number of rotatable bonds is 5. The smallest absolute Gasteiger partial charge is 0.410 e. The molecule has 3 aromatic rings. The quantitative estimate of drug-likeness (QED) is 0.315. The number of halogens is 3. The van der Waals surface area contributed by atoms with Crippen LogP contribution in [0.5, 0.6) is 0 Å². The Balaban J connectivity index is 1.45. The molecule has 0 radical (unpaired) electrons. The summed E-state index contributed by atoms with van der Waals surface area (Å²) < 4.78 is 48.4. The third-order valence-electron chi connectivity index (χ3n) is 7.82. The lowest BCUT2D eigenvalue weighted by molar-refractivity contribution is -0.173. The van der Waals surface area contributed by atoms with Gasteiger partial charge in [0.25, 0.3) is 5.91 Å². The lowest BCUT2D eigenvalue weighted by Crippen LogP contribution is -2.35. The van der Waals surface area contributed by atoms with Crippen LogP contribution in [0.25, 0.3) is 0 Å². The second-order valence-corrected chi connectivity index (χ2v) is 12.6. The summed E-state index contributed by atoms with van der Waals surface area (Å²) in [4.78, 5) is 27.4. The molecule has 0 spiro atoms. The molecule has 0 unspecified atom stereocenters. The Morgan fingerprint density at radius 3 is 2.58 bits per heavy atom. The van der Waals surface area contributed by atoms with E-state index in [0.717, 1.165) is 28.0 Å². The van der Waals surface area contributed by atoms with Gasteiger partial charge in [0.2, 0.25) is 0 Å². The number of benzene rings is 1. The lowest BCUT2D eigenvalue weighted by Gasteiger charge is -2.33. The van der Waals surface area contributed by atoms with Gasteiger partial charge in [-0.2, -0.15) is 18.3 Å². The number of nitrogens with one attached hydrogen (secondary N) is 2. The van der Waals surface area contributed by atoms with Gasteiger partial charge in [0.05, 0.1) is 18.2 Å². The average Bonchev–Trinajstić information content (AvgIpc) is 3.48. The highest BCUT2D eigenvalue weighted by atomic mass is 32.1. The Bertz CT molecular complexity index is 1410. The van der Waals surface area contributed by atoms with Gasteiger partial charge >= 0.3 is 12.1 Å². The first-order valence-electron chi connectivity index (χ1n) is 13.5. The van der Waals surface area contributed by atoms with Crippen molar-refractivity contribution in [2.24, 2.45) is 11.3 Å². The van der Waals surface area contributed by atoms with Crippen molar-refractivity contribution in [1.82, 2.24) is 9.78 Å². The number of anilines is 2. The molecule has 2 aromatic heterocycles. The van der Waals surface area contributed by atoms with Crippen LogP contribution < -0.4 is 10.6 Å². The summed E-state index contributed by atoms with van der Waals surface area (Å²) in [7, 11) is 0. The van der Waals surface area contributed by atoms with Crippen molar-refractivity contribution in [3.05, 3.63) is 63.7 Å². The summed E-state index contributed by atoms with van der Waals surface area (Å²) >= 11 is 1.33. The molecule has 2 aliphatic rings. The van der Waals surface area contributed by atoms with Crippen LogP contribution in [0.3, 0.4) is 0 Å². The van der Waals surface area contributed by atoms with Crippen LogP contribution in [0, 0.1) is 11.3 Å². The van der Waals surface area contributed by atoms with Crippen molar-refractivity contribution in [3.63, 3.8) is 0 Å². The van der Waals surface area contributed by atoms with E-state index < -0.39 is 30.1 Å². The summed E-state index contributed by atoms with van der Waals surface area (Å²) in [5.74, 6) is -0.674. The first-order chi connectivity index (χ1) is 18.9. The molecule has 0 fully saturated rings. The molecule has 40 heavy (non-hydrogen) atoms. The van der Waals surface area contributed by atoms with Crippen molar-refractivity contribution in [2.75, 3.05) is 17.2 Å². The van der Waals surface area contributed by atoms with Crippen molar-refractivity contribution < 1.29 is 27.5 Å². The van der Waals surface area contributed by atoms with Gasteiger partial charge in [-0.3, -0.25) is 4.79 Å². The monoisotopic (exact) mass is 574 g/mol. The van der Waals surface area contributed by atoms with E-state index in [-0.39, 0.29) is 30.0 Å². The fraction of sp³-hybridized carbons (Fsp3) is 0.483. The number of carbonyl (C=O) groups excluding carboxylic acids is 2. The number of alkyl halides is 3. The van der Waals surface area contributed by atoms with E-state index in [1.165, 1.54) is 17.4 Å². The van der Waals surface area contributed by atoms with Gasteiger partial charge in [-0.25, -0.2) is 9.48 Å². The zero-order chi connectivity index (χ0) is 28.8. The summed E-state index contributed by atoms with van der Waals surface area (Å²) in [6.45, 7) is 8.47. The van der Waals surface area contributed by atoms with Crippen LogP contribution in [0.1, 0.15) is 89.5 Å². The number of esters is 1. The first-order valence-corrected chi connectivity index (χ1v) is 14.3. The van der Waals surface area contributed by atoms with Crippen molar-refractivity contribution in [2.45, 2.75) is 71.6 Å². The second-order valence-electron chi connectivity index (χ2n) is 11.4. The molecule has 3 heterocycles. The summed E-state index contributed by atoms with van der Waals surface area (Å²) in [5, 5.41) is 10.3. The Labute approximate surface area is 235 Å². The minimum absolute atomic E-state index is 0.0876. The van der Waals surface area contributed by atoms with E-state index in [4.69, 9.17) is 4.74 Å². The van der Waals surface area contributed by atoms with Gasteiger partial charge in [0, 0.05) is 17.4 Å². The van der Waals surface area contributed by atoms with Crippen LogP contribution in [0.15, 0.2) is 36.4 Å². The Morgan fingerprint density at radius 1 is 1.20 bits per heavy atom. The molecular weight excluding hydrogens is 541 g/mol. The number of thiophene rings is 1. The second kappa shape index (κ2) is 10.6. The van der Waals surface area contributed by atoms with Crippen LogP contribution in [0.4, 0.5) is 24.0 Å². The zero-order valence-corrected chi connectivity index (χ0v) is 23.7. The van der Waals surface area contributed by atoms with E-state index in [1.54, 1.807) is 37.3 Å². The van der Waals surface area contributed by atoms with Gasteiger partial charge in [-0.15, -0.1) is 11.3 Å². The van der Waals surface area contributed by atoms with Gasteiger partial charge in [0.15, 0.2) is 11.7 Å². The predicted octanol–water partition coefficient (Wildman–Crippen LogP) is 7.18. The average molecular weight is 575 g/mol. The zero-order valence-electron chi connectivity index (χ0n) is 22.9. The molecule has 0 saturated carbocycles. The predicted molar refractivity (Wildman–Crippen MR) is 148 cm³/mol. The third-order valence-corrected chi connectivity index (χ3v) is 8.99. The number of ether oxygens (including phenoxy) is 1. The molecule has 0 saturated heterocycles. The standard InChI is InChI=1S/C29H33F3N4O3S/c1-5-39-27(38)24-18-12-11-17(28(2,3)4)13-21(18)40-26(24)34-25(37)20-15-23-33-19(16-9-7-6-8-10-16)14-22(29(30,31)32)36(23)35-20/h6-10,15,17,19,22,33H,5,11-14H2,1-4H3,(H,34,37)/t17-,19-,22-/m1/s1. The summed E-state index contributed by atoms with van der Waals surface area (Å²) in [6.07, 6.45) is -2.44.